The minimum absolute atomic E-state index is 0.183. The first kappa shape index (κ1) is 21.6. The van der Waals surface area contributed by atoms with Gasteiger partial charge in [0.05, 0.1) is 24.4 Å². The molecule has 0 spiro atoms. The third-order valence-corrected chi connectivity index (χ3v) is 6.23. The normalized spacial score (nSPS) is 15.4. The lowest BCUT2D eigenvalue weighted by Gasteiger charge is -2.20. The molecule has 1 aliphatic heterocycles. The van der Waals surface area contributed by atoms with Crippen LogP contribution in [-0.2, 0) is 4.79 Å². The SMILES string of the molecule is COc1cccc(C2CC(c3c(-c4ccccc4)c4ccc(C)cc4[nH]c3=O)=NN2C(C)=O)c1. The van der Waals surface area contributed by atoms with Crippen molar-refractivity contribution in [2.24, 2.45) is 5.10 Å². The average molecular weight is 452 g/mol. The van der Waals surface area contributed by atoms with Gasteiger partial charge in [0.15, 0.2) is 0 Å². The smallest absolute Gasteiger partial charge is 0.258 e. The standard InChI is InChI=1S/C28H25N3O3/c1-17-12-13-22-23(14-17)29-28(33)27(26(22)19-8-5-4-6-9-19)24-16-25(31(30-24)18(2)32)20-10-7-11-21(15-20)34-3/h4-15,25H,16H2,1-3H3,(H,29,33). The molecule has 1 N–H and O–H groups in total. The molecular formula is C28H25N3O3. The Bertz CT molecular complexity index is 1490. The van der Waals surface area contributed by atoms with E-state index in [1.54, 1.807) is 7.11 Å². The van der Waals surface area contributed by atoms with Gasteiger partial charge in [-0.15, -0.1) is 0 Å². The first-order valence-corrected chi connectivity index (χ1v) is 11.2. The molecule has 0 aliphatic carbocycles. The maximum atomic E-state index is 13.5. The summed E-state index contributed by atoms with van der Waals surface area (Å²) in [4.78, 5) is 29.1. The zero-order valence-corrected chi connectivity index (χ0v) is 19.3. The summed E-state index contributed by atoms with van der Waals surface area (Å²) < 4.78 is 5.38. The molecule has 0 radical (unpaired) electrons. The molecule has 6 nitrogen and oxygen atoms in total. The van der Waals surface area contributed by atoms with Gasteiger partial charge in [-0.3, -0.25) is 9.59 Å². The molecule has 0 bridgehead atoms. The Labute approximate surface area is 197 Å². The van der Waals surface area contributed by atoms with Gasteiger partial charge in [-0.05, 0) is 41.8 Å². The van der Waals surface area contributed by atoms with Gasteiger partial charge >= 0.3 is 0 Å². The van der Waals surface area contributed by atoms with Crippen molar-refractivity contribution in [3.63, 3.8) is 0 Å². The molecule has 1 aromatic heterocycles. The minimum Gasteiger partial charge on any atom is -0.497 e. The van der Waals surface area contributed by atoms with Crippen molar-refractivity contribution < 1.29 is 9.53 Å². The Morgan fingerprint density at radius 3 is 2.56 bits per heavy atom. The summed E-state index contributed by atoms with van der Waals surface area (Å²) in [5.74, 6) is 0.523. The van der Waals surface area contributed by atoms with E-state index >= 15 is 0 Å². The number of aromatic amines is 1. The summed E-state index contributed by atoms with van der Waals surface area (Å²) in [5, 5.41) is 7.09. The van der Waals surface area contributed by atoms with Crippen LogP contribution in [0.3, 0.4) is 0 Å². The lowest BCUT2D eigenvalue weighted by molar-refractivity contribution is -0.130. The molecule has 5 rings (SSSR count). The third-order valence-electron chi connectivity index (χ3n) is 6.23. The second kappa shape index (κ2) is 8.63. The molecule has 1 amide bonds. The van der Waals surface area contributed by atoms with Gasteiger partial charge in [0.1, 0.15) is 5.75 Å². The van der Waals surface area contributed by atoms with Crippen LogP contribution < -0.4 is 10.3 Å². The molecule has 0 fully saturated rings. The number of rotatable bonds is 4. The molecule has 2 heterocycles. The molecule has 0 saturated heterocycles. The van der Waals surface area contributed by atoms with E-state index in [1.807, 2.05) is 79.7 Å². The second-order valence-electron chi connectivity index (χ2n) is 8.53. The number of methoxy groups -OCH3 is 1. The number of fused-ring (bicyclic) bond motifs is 1. The molecule has 0 saturated carbocycles. The maximum Gasteiger partial charge on any atom is 0.258 e. The lowest BCUT2D eigenvalue weighted by Crippen LogP contribution is -2.24. The molecule has 170 valence electrons. The number of nitrogens with one attached hydrogen (secondary N) is 1. The van der Waals surface area contributed by atoms with Crippen molar-refractivity contribution >= 4 is 22.5 Å². The Morgan fingerprint density at radius 2 is 1.82 bits per heavy atom. The van der Waals surface area contributed by atoms with Gasteiger partial charge in [-0.2, -0.15) is 5.10 Å². The monoisotopic (exact) mass is 451 g/mol. The highest BCUT2D eigenvalue weighted by atomic mass is 16.5. The van der Waals surface area contributed by atoms with Crippen molar-refractivity contribution in [2.75, 3.05) is 7.11 Å². The fourth-order valence-corrected chi connectivity index (χ4v) is 4.65. The molecule has 3 aromatic carbocycles. The number of hydrogen-bond donors (Lipinski definition) is 1. The van der Waals surface area contributed by atoms with E-state index in [2.05, 4.69) is 10.1 Å². The zero-order chi connectivity index (χ0) is 23.8. The first-order chi connectivity index (χ1) is 16.5. The number of ether oxygens (including phenoxy) is 1. The third kappa shape index (κ3) is 3.77. The Morgan fingerprint density at radius 1 is 1.03 bits per heavy atom. The molecule has 1 atom stereocenters. The summed E-state index contributed by atoms with van der Waals surface area (Å²) in [5.41, 5.74) is 5.37. The van der Waals surface area contributed by atoms with Crippen molar-refractivity contribution in [2.45, 2.75) is 26.3 Å². The van der Waals surface area contributed by atoms with Gasteiger partial charge in [0.25, 0.3) is 5.56 Å². The van der Waals surface area contributed by atoms with E-state index in [1.165, 1.54) is 11.9 Å². The number of benzene rings is 3. The molecule has 1 aliphatic rings. The topological polar surface area (TPSA) is 74.8 Å². The van der Waals surface area contributed by atoms with E-state index in [9.17, 15) is 9.59 Å². The molecule has 4 aromatic rings. The number of amides is 1. The van der Waals surface area contributed by atoms with Gasteiger partial charge in [0, 0.05) is 29.8 Å². The van der Waals surface area contributed by atoms with E-state index < -0.39 is 0 Å². The zero-order valence-electron chi connectivity index (χ0n) is 19.3. The van der Waals surface area contributed by atoms with Crippen molar-refractivity contribution in [1.82, 2.24) is 9.99 Å². The van der Waals surface area contributed by atoms with Crippen molar-refractivity contribution in [3.8, 4) is 16.9 Å². The van der Waals surface area contributed by atoms with Gasteiger partial charge in [-0.1, -0.05) is 54.6 Å². The van der Waals surface area contributed by atoms with Crippen LogP contribution in [-0.4, -0.2) is 28.7 Å². The van der Waals surface area contributed by atoms with Gasteiger partial charge in [-0.25, -0.2) is 5.01 Å². The highest BCUT2D eigenvalue weighted by Crippen LogP contribution is 2.37. The number of nitrogens with zero attached hydrogens (tertiary/aromatic N) is 2. The number of aromatic nitrogens is 1. The van der Waals surface area contributed by atoms with E-state index in [-0.39, 0.29) is 17.5 Å². The summed E-state index contributed by atoms with van der Waals surface area (Å²) >= 11 is 0. The van der Waals surface area contributed by atoms with Crippen LogP contribution in [0.15, 0.2) is 82.7 Å². The van der Waals surface area contributed by atoms with Crippen LogP contribution in [0.25, 0.3) is 22.0 Å². The number of H-pyrrole nitrogens is 1. The number of carbonyl (C=O) groups is 1. The largest absolute Gasteiger partial charge is 0.497 e. The summed E-state index contributed by atoms with van der Waals surface area (Å²) in [6.45, 7) is 3.49. The van der Waals surface area contributed by atoms with Crippen molar-refractivity contribution in [1.29, 1.82) is 0 Å². The Hall–Kier alpha value is -4.19. The van der Waals surface area contributed by atoms with E-state index in [0.717, 1.165) is 33.2 Å². The molecule has 1 unspecified atom stereocenters. The predicted octanol–water partition coefficient (Wildman–Crippen LogP) is 5.21. The lowest BCUT2D eigenvalue weighted by atomic mass is 9.90. The van der Waals surface area contributed by atoms with E-state index in [0.29, 0.717) is 23.4 Å². The number of aryl methyl sites for hydroxylation is 1. The van der Waals surface area contributed by atoms with Crippen molar-refractivity contribution in [3.05, 3.63) is 99.8 Å². The number of hydrazone groups is 1. The maximum absolute atomic E-state index is 13.5. The minimum atomic E-state index is -0.320. The molecular weight excluding hydrogens is 426 g/mol. The highest BCUT2D eigenvalue weighted by Gasteiger charge is 2.34. The summed E-state index contributed by atoms with van der Waals surface area (Å²) in [7, 11) is 1.61. The predicted molar refractivity (Wildman–Crippen MR) is 134 cm³/mol. The van der Waals surface area contributed by atoms with Crippen LogP contribution in [0, 0.1) is 6.92 Å². The number of hydrogen-bond acceptors (Lipinski definition) is 4. The van der Waals surface area contributed by atoms with Gasteiger partial charge in [0.2, 0.25) is 5.91 Å². The van der Waals surface area contributed by atoms with Crippen LogP contribution >= 0.6 is 0 Å². The first-order valence-electron chi connectivity index (χ1n) is 11.2. The summed E-state index contributed by atoms with van der Waals surface area (Å²) in [6, 6.07) is 23.2. The number of pyridine rings is 1. The Balaban J connectivity index is 1.72. The van der Waals surface area contributed by atoms with Crippen LogP contribution in [0.5, 0.6) is 5.75 Å². The quantitative estimate of drug-likeness (QED) is 0.463. The van der Waals surface area contributed by atoms with Gasteiger partial charge < -0.3 is 9.72 Å². The molecule has 34 heavy (non-hydrogen) atoms. The number of carbonyl (C=O) groups excluding carboxylic acids is 1. The second-order valence-corrected chi connectivity index (χ2v) is 8.53. The Kier molecular flexibility index (Phi) is 5.49. The highest BCUT2D eigenvalue weighted by molar-refractivity contribution is 6.12. The van der Waals surface area contributed by atoms with E-state index in [4.69, 9.17) is 4.74 Å². The van der Waals surface area contributed by atoms with Crippen LogP contribution in [0.4, 0.5) is 0 Å². The summed E-state index contributed by atoms with van der Waals surface area (Å²) in [6.07, 6.45) is 0.424. The fraction of sp³-hybridized carbons (Fsp3) is 0.179. The van der Waals surface area contributed by atoms with Crippen LogP contribution in [0.1, 0.15) is 36.1 Å². The fourth-order valence-electron chi connectivity index (χ4n) is 4.65. The average Bonchev–Trinajstić information content (AvgIpc) is 3.29. The molecule has 6 heteroatoms. The van der Waals surface area contributed by atoms with Crippen LogP contribution in [0.2, 0.25) is 0 Å².